The van der Waals surface area contributed by atoms with Gasteiger partial charge >= 0.3 is 5.97 Å². The number of carbonyl (C=O) groups is 1. The third-order valence-electron chi connectivity index (χ3n) is 6.27. The average Bonchev–Trinajstić information content (AvgIpc) is 3.23. The van der Waals surface area contributed by atoms with Crippen molar-refractivity contribution < 1.29 is 9.53 Å². The molecule has 192 valence electrons. The molecule has 2 heterocycles. The van der Waals surface area contributed by atoms with Gasteiger partial charge in [0.05, 0.1) is 28.5 Å². The standard InChI is InChI=1S/C30H26ClN3O3S/c1-4-37-29(36)25-26(20-8-6-5-7-9-20)32-30-34(27(25)21-12-14-22(31)15-13-21)28(35)24(38-30)18-19-10-16-23(17-11-19)33(2)3/h5-18,27H,4H2,1-3H3/b24-18-. The fourth-order valence-corrected chi connectivity index (χ4v) is 5.55. The Hall–Kier alpha value is -3.94. The Balaban J connectivity index is 1.78. The number of thiazole rings is 1. The smallest absolute Gasteiger partial charge is 0.338 e. The van der Waals surface area contributed by atoms with Gasteiger partial charge in [0.15, 0.2) is 4.80 Å². The minimum absolute atomic E-state index is 0.200. The fourth-order valence-electron chi connectivity index (χ4n) is 4.42. The number of rotatable bonds is 6. The molecule has 5 rings (SSSR count). The molecule has 8 heteroatoms. The Morgan fingerprint density at radius 1 is 1.05 bits per heavy atom. The topological polar surface area (TPSA) is 63.9 Å². The highest BCUT2D eigenvalue weighted by Gasteiger charge is 2.35. The Labute approximate surface area is 229 Å². The maximum absolute atomic E-state index is 13.9. The molecule has 0 spiro atoms. The SMILES string of the molecule is CCOC(=O)C1=C(c2ccccc2)N=c2s/c(=C\c3ccc(N(C)C)cc3)c(=O)n2C1c1ccc(Cl)cc1. The molecule has 0 N–H and O–H groups in total. The highest BCUT2D eigenvalue weighted by atomic mass is 35.5. The van der Waals surface area contributed by atoms with Crippen LogP contribution in [-0.2, 0) is 9.53 Å². The molecule has 0 aliphatic carbocycles. The van der Waals surface area contributed by atoms with Crippen LogP contribution in [0.15, 0.2) is 94.2 Å². The fraction of sp³-hybridized carbons (Fsp3) is 0.167. The van der Waals surface area contributed by atoms with E-state index < -0.39 is 12.0 Å². The van der Waals surface area contributed by atoms with E-state index in [0.29, 0.717) is 25.6 Å². The van der Waals surface area contributed by atoms with Crippen LogP contribution < -0.4 is 19.8 Å². The predicted octanol–water partition coefficient (Wildman–Crippen LogP) is 4.66. The quantitative estimate of drug-likeness (QED) is 0.332. The van der Waals surface area contributed by atoms with E-state index in [4.69, 9.17) is 21.3 Å². The van der Waals surface area contributed by atoms with Gasteiger partial charge < -0.3 is 9.64 Å². The maximum atomic E-state index is 13.9. The van der Waals surface area contributed by atoms with Crippen LogP contribution in [0.4, 0.5) is 5.69 Å². The Kier molecular flexibility index (Phi) is 7.31. The van der Waals surface area contributed by atoms with Gasteiger partial charge in [0.25, 0.3) is 5.56 Å². The summed E-state index contributed by atoms with van der Waals surface area (Å²) >= 11 is 7.48. The zero-order valence-electron chi connectivity index (χ0n) is 21.2. The van der Waals surface area contributed by atoms with E-state index in [1.54, 1.807) is 23.6 Å². The van der Waals surface area contributed by atoms with Crippen molar-refractivity contribution in [3.8, 4) is 0 Å². The van der Waals surface area contributed by atoms with Gasteiger partial charge in [-0.15, -0.1) is 0 Å². The van der Waals surface area contributed by atoms with Gasteiger partial charge in [-0.3, -0.25) is 9.36 Å². The Morgan fingerprint density at radius 2 is 1.74 bits per heavy atom. The molecule has 1 unspecified atom stereocenters. The van der Waals surface area contributed by atoms with E-state index in [9.17, 15) is 9.59 Å². The Morgan fingerprint density at radius 3 is 2.37 bits per heavy atom. The first-order valence-corrected chi connectivity index (χ1v) is 13.4. The molecule has 38 heavy (non-hydrogen) atoms. The molecule has 1 aliphatic heterocycles. The van der Waals surface area contributed by atoms with Crippen molar-refractivity contribution in [1.29, 1.82) is 0 Å². The summed E-state index contributed by atoms with van der Waals surface area (Å²) in [6.45, 7) is 1.96. The van der Waals surface area contributed by atoms with Crippen molar-refractivity contribution in [3.05, 3.63) is 126 Å². The maximum Gasteiger partial charge on any atom is 0.338 e. The predicted molar refractivity (Wildman–Crippen MR) is 153 cm³/mol. The number of hydrogen-bond donors (Lipinski definition) is 0. The molecule has 1 aliphatic rings. The molecule has 0 fully saturated rings. The highest BCUT2D eigenvalue weighted by Crippen LogP contribution is 2.35. The van der Waals surface area contributed by atoms with Gasteiger partial charge in [-0.1, -0.05) is 77.5 Å². The van der Waals surface area contributed by atoms with Crippen molar-refractivity contribution in [2.45, 2.75) is 13.0 Å². The van der Waals surface area contributed by atoms with Gasteiger partial charge in [0, 0.05) is 30.4 Å². The highest BCUT2D eigenvalue weighted by molar-refractivity contribution is 7.07. The number of hydrogen-bond acceptors (Lipinski definition) is 6. The number of nitrogens with zero attached hydrogens (tertiary/aromatic N) is 3. The zero-order valence-corrected chi connectivity index (χ0v) is 22.8. The van der Waals surface area contributed by atoms with Crippen molar-refractivity contribution in [3.63, 3.8) is 0 Å². The molecule has 4 aromatic rings. The van der Waals surface area contributed by atoms with Gasteiger partial charge in [-0.25, -0.2) is 9.79 Å². The third kappa shape index (κ3) is 4.95. The number of aromatic nitrogens is 1. The summed E-state index contributed by atoms with van der Waals surface area (Å²) in [6, 6.07) is 23.9. The van der Waals surface area contributed by atoms with Gasteiger partial charge in [-0.2, -0.15) is 0 Å². The first-order chi connectivity index (χ1) is 18.4. The summed E-state index contributed by atoms with van der Waals surface area (Å²) in [7, 11) is 3.96. The summed E-state index contributed by atoms with van der Waals surface area (Å²) in [5, 5.41) is 0.562. The monoisotopic (exact) mass is 543 g/mol. The van der Waals surface area contributed by atoms with Gasteiger partial charge in [-0.05, 0) is 48.4 Å². The Bertz CT molecular complexity index is 1690. The number of fused-ring (bicyclic) bond motifs is 1. The lowest BCUT2D eigenvalue weighted by atomic mass is 9.93. The van der Waals surface area contributed by atoms with Gasteiger partial charge in [0.1, 0.15) is 0 Å². The van der Waals surface area contributed by atoms with Crippen LogP contribution in [0.5, 0.6) is 0 Å². The molecule has 0 bridgehead atoms. The van der Waals surface area contributed by atoms with E-state index in [2.05, 4.69) is 0 Å². The molecule has 3 aromatic carbocycles. The van der Waals surface area contributed by atoms with Crippen molar-refractivity contribution >= 4 is 46.4 Å². The number of benzene rings is 3. The third-order valence-corrected chi connectivity index (χ3v) is 7.50. The summed E-state index contributed by atoms with van der Waals surface area (Å²) in [6.07, 6.45) is 1.86. The lowest BCUT2D eigenvalue weighted by Crippen LogP contribution is -2.40. The van der Waals surface area contributed by atoms with Crippen LogP contribution in [0.25, 0.3) is 11.8 Å². The summed E-state index contributed by atoms with van der Waals surface area (Å²) in [5.74, 6) is -0.511. The molecule has 1 aromatic heterocycles. The van der Waals surface area contributed by atoms with Gasteiger partial charge in [0.2, 0.25) is 0 Å². The molecular formula is C30H26ClN3O3S. The van der Waals surface area contributed by atoms with Crippen LogP contribution in [0.2, 0.25) is 5.02 Å². The van der Waals surface area contributed by atoms with Crippen molar-refractivity contribution in [1.82, 2.24) is 4.57 Å². The van der Waals surface area contributed by atoms with E-state index in [1.807, 2.05) is 91.8 Å². The van der Waals surface area contributed by atoms with E-state index in [1.165, 1.54) is 11.3 Å². The van der Waals surface area contributed by atoms with Crippen LogP contribution in [0.1, 0.15) is 29.7 Å². The molecule has 0 amide bonds. The van der Waals surface area contributed by atoms with Crippen LogP contribution in [0.3, 0.4) is 0 Å². The van der Waals surface area contributed by atoms with Crippen molar-refractivity contribution in [2.24, 2.45) is 4.99 Å². The minimum Gasteiger partial charge on any atom is -0.463 e. The molecule has 0 saturated carbocycles. The molecule has 1 atom stereocenters. The first kappa shape index (κ1) is 25.7. The van der Waals surface area contributed by atoms with E-state index in [-0.39, 0.29) is 12.2 Å². The molecule has 6 nitrogen and oxygen atoms in total. The number of carbonyl (C=O) groups excluding carboxylic acids is 1. The summed E-state index contributed by atoms with van der Waals surface area (Å²) < 4.78 is 7.61. The lowest BCUT2D eigenvalue weighted by Gasteiger charge is -2.25. The zero-order chi connectivity index (χ0) is 26.8. The van der Waals surface area contributed by atoms with E-state index >= 15 is 0 Å². The number of halogens is 1. The van der Waals surface area contributed by atoms with Crippen LogP contribution in [0, 0.1) is 0 Å². The van der Waals surface area contributed by atoms with E-state index in [0.717, 1.165) is 22.4 Å². The van der Waals surface area contributed by atoms with Crippen molar-refractivity contribution in [2.75, 3.05) is 25.6 Å². The lowest BCUT2D eigenvalue weighted by molar-refractivity contribution is -0.138. The van der Waals surface area contributed by atoms with Crippen LogP contribution in [-0.4, -0.2) is 31.2 Å². The molecule has 0 radical (unpaired) electrons. The summed E-state index contributed by atoms with van der Waals surface area (Å²) in [5.41, 5.74) is 4.06. The second-order valence-corrected chi connectivity index (χ2v) is 10.4. The normalized spacial score (nSPS) is 15.2. The number of anilines is 1. The first-order valence-electron chi connectivity index (χ1n) is 12.2. The van der Waals surface area contributed by atoms with Crippen LogP contribution >= 0.6 is 22.9 Å². The number of ether oxygens (including phenoxy) is 1. The molecular weight excluding hydrogens is 518 g/mol. The average molecular weight is 544 g/mol. The second kappa shape index (κ2) is 10.8. The molecule has 0 saturated heterocycles. The second-order valence-electron chi connectivity index (χ2n) is 8.97. The largest absolute Gasteiger partial charge is 0.463 e. The minimum atomic E-state index is -0.726. The number of esters is 1. The summed E-state index contributed by atoms with van der Waals surface area (Å²) in [4.78, 5) is 34.7.